The number of para-hydroxylation sites is 1. The highest BCUT2D eigenvalue weighted by Gasteiger charge is 2.27. The summed E-state index contributed by atoms with van der Waals surface area (Å²) in [5.41, 5.74) is -0.773. The number of H-pyrrole nitrogens is 1. The summed E-state index contributed by atoms with van der Waals surface area (Å²) < 4.78 is 2.22. The first-order valence-electron chi connectivity index (χ1n) is 10.4. The molecular weight excluding hydrogens is 432 g/mol. The molecule has 5 rings (SSSR count). The summed E-state index contributed by atoms with van der Waals surface area (Å²) in [7, 11) is 1.39. The second-order valence-corrected chi connectivity index (χ2v) is 7.88. The van der Waals surface area contributed by atoms with Crippen LogP contribution in [0.25, 0.3) is 43.4 Å². The highest BCUT2D eigenvalue weighted by atomic mass is 35.5. The molecule has 0 saturated heterocycles. The molecule has 0 spiro atoms. The first-order valence-corrected chi connectivity index (χ1v) is 10.4. The SMILES string of the molecule is CCN(CC)CCn1c(=O)c2c3c(=O)n(C)c(=O)c3c3[nH]c4ccccc4c3c2c1=O.Cl. The molecule has 2 aromatic carbocycles. The molecule has 3 heterocycles. The molecule has 0 bridgehead atoms. The summed E-state index contributed by atoms with van der Waals surface area (Å²) in [5, 5.41) is 1.75. The van der Waals surface area contributed by atoms with Gasteiger partial charge in [-0.25, -0.2) is 0 Å². The van der Waals surface area contributed by atoms with Crippen LogP contribution in [0.3, 0.4) is 0 Å². The van der Waals surface area contributed by atoms with Crippen LogP contribution in [-0.2, 0) is 13.6 Å². The van der Waals surface area contributed by atoms with E-state index in [1.807, 2.05) is 38.1 Å². The van der Waals surface area contributed by atoms with Gasteiger partial charge in [0.15, 0.2) is 0 Å². The quantitative estimate of drug-likeness (QED) is 0.437. The molecule has 0 radical (unpaired) electrons. The first-order chi connectivity index (χ1) is 14.9. The lowest BCUT2D eigenvalue weighted by molar-refractivity contribution is 0.288. The number of halogens is 1. The van der Waals surface area contributed by atoms with Gasteiger partial charge in [-0.15, -0.1) is 12.4 Å². The van der Waals surface area contributed by atoms with E-state index in [0.29, 0.717) is 17.4 Å². The van der Waals surface area contributed by atoms with Gasteiger partial charge in [0.1, 0.15) is 0 Å². The van der Waals surface area contributed by atoms with E-state index < -0.39 is 22.2 Å². The van der Waals surface area contributed by atoms with Crippen molar-refractivity contribution in [3.05, 3.63) is 65.7 Å². The molecule has 0 aliphatic carbocycles. The topological polar surface area (TPSA) is 97.2 Å². The predicted molar refractivity (Wildman–Crippen MR) is 130 cm³/mol. The van der Waals surface area contributed by atoms with E-state index in [0.717, 1.165) is 28.6 Å². The van der Waals surface area contributed by atoms with Crippen molar-refractivity contribution in [2.24, 2.45) is 7.05 Å². The molecule has 3 aromatic heterocycles. The Bertz CT molecular complexity index is 1710. The zero-order valence-electron chi connectivity index (χ0n) is 18.0. The normalized spacial score (nSPS) is 12.0. The molecule has 9 heteroatoms. The van der Waals surface area contributed by atoms with Crippen molar-refractivity contribution in [1.82, 2.24) is 19.0 Å². The molecule has 0 amide bonds. The Morgan fingerprint density at radius 3 is 2.03 bits per heavy atom. The molecule has 1 N–H and O–H groups in total. The van der Waals surface area contributed by atoms with Gasteiger partial charge in [0.05, 0.1) is 27.1 Å². The lowest BCUT2D eigenvalue weighted by Gasteiger charge is -2.17. The molecule has 32 heavy (non-hydrogen) atoms. The van der Waals surface area contributed by atoms with Gasteiger partial charge in [0.2, 0.25) is 0 Å². The number of nitrogens with one attached hydrogen (secondary N) is 1. The highest BCUT2D eigenvalue weighted by Crippen LogP contribution is 2.34. The van der Waals surface area contributed by atoms with Crippen molar-refractivity contribution < 1.29 is 0 Å². The Hall–Kier alpha value is -3.23. The number of likely N-dealkylation sites (N-methyl/N-ethyl adjacent to an activating group) is 1. The van der Waals surface area contributed by atoms with Crippen LogP contribution in [0.1, 0.15) is 13.8 Å². The molecule has 0 aliphatic rings. The third kappa shape index (κ3) is 2.73. The van der Waals surface area contributed by atoms with Crippen LogP contribution in [0.15, 0.2) is 43.4 Å². The second-order valence-electron chi connectivity index (χ2n) is 7.88. The molecule has 0 atom stereocenters. The van der Waals surface area contributed by atoms with Crippen molar-refractivity contribution in [3.8, 4) is 0 Å². The van der Waals surface area contributed by atoms with Crippen LogP contribution < -0.4 is 22.2 Å². The van der Waals surface area contributed by atoms with Gasteiger partial charge in [0, 0.05) is 36.4 Å². The number of rotatable bonds is 5. The van der Waals surface area contributed by atoms with Crippen LogP contribution in [0.5, 0.6) is 0 Å². The Kier molecular flexibility index (Phi) is 5.30. The number of aromatic nitrogens is 3. The summed E-state index contributed by atoms with van der Waals surface area (Å²) in [4.78, 5) is 58.1. The number of hydrogen-bond donors (Lipinski definition) is 1. The van der Waals surface area contributed by atoms with Crippen molar-refractivity contribution in [1.29, 1.82) is 0 Å². The minimum Gasteiger partial charge on any atom is -0.354 e. The maximum absolute atomic E-state index is 13.5. The van der Waals surface area contributed by atoms with Crippen molar-refractivity contribution in [2.45, 2.75) is 20.4 Å². The van der Waals surface area contributed by atoms with Crippen LogP contribution in [0.4, 0.5) is 0 Å². The van der Waals surface area contributed by atoms with Crippen LogP contribution in [0.2, 0.25) is 0 Å². The molecule has 8 nitrogen and oxygen atoms in total. The summed E-state index contributed by atoms with van der Waals surface area (Å²) in [5.74, 6) is 0. The number of fused-ring (bicyclic) bond motifs is 8. The molecule has 0 unspecified atom stereocenters. The third-order valence-electron chi connectivity index (χ3n) is 6.45. The average Bonchev–Trinajstić information content (AvgIpc) is 3.34. The summed E-state index contributed by atoms with van der Waals surface area (Å²) in [6.07, 6.45) is 0. The van der Waals surface area contributed by atoms with Gasteiger partial charge in [-0.2, -0.15) is 0 Å². The minimum absolute atomic E-state index is 0. The number of nitrogens with zero attached hydrogens (tertiary/aromatic N) is 3. The first kappa shape index (κ1) is 22.0. The Balaban J connectivity index is 0.00000245. The lowest BCUT2D eigenvalue weighted by Crippen LogP contribution is -2.33. The van der Waals surface area contributed by atoms with E-state index in [4.69, 9.17) is 0 Å². The molecule has 0 aliphatic heterocycles. The molecule has 0 saturated carbocycles. The van der Waals surface area contributed by atoms with E-state index in [1.165, 1.54) is 11.6 Å². The molecular formula is C23H23ClN4O4. The van der Waals surface area contributed by atoms with E-state index >= 15 is 0 Å². The van der Waals surface area contributed by atoms with Gasteiger partial charge in [-0.05, 0) is 19.2 Å². The molecule has 166 valence electrons. The smallest absolute Gasteiger partial charge is 0.263 e. The number of aromatic amines is 1. The summed E-state index contributed by atoms with van der Waals surface area (Å²) in [6, 6.07) is 7.38. The zero-order valence-corrected chi connectivity index (χ0v) is 18.8. The van der Waals surface area contributed by atoms with Crippen molar-refractivity contribution in [2.75, 3.05) is 19.6 Å². The standard InChI is InChI=1S/C23H22N4O4.ClH/c1-4-26(5-2)10-11-27-22(30)15-14-12-8-6-7-9-13(12)24-19(14)18-17(16(15)23(27)31)20(28)25(3)21(18)29;/h6-9,24H,4-5,10-11H2,1-3H3;1H. The van der Waals surface area contributed by atoms with Gasteiger partial charge in [0.25, 0.3) is 22.2 Å². The summed E-state index contributed by atoms with van der Waals surface area (Å²) in [6.45, 7) is 6.43. The Morgan fingerprint density at radius 2 is 1.38 bits per heavy atom. The number of benzene rings is 2. The van der Waals surface area contributed by atoms with Gasteiger partial charge >= 0.3 is 0 Å². The minimum atomic E-state index is -0.552. The van der Waals surface area contributed by atoms with E-state index in [9.17, 15) is 19.2 Å². The van der Waals surface area contributed by atoms with E-state index in [2.05, 4.69) is 9.88 Å². The maximum Gasteiger partial charge on any atom is 0.263 e. The van der Waals surface area contributed by atoms with Crippen molar-refractivity contribution in [3.63, 3.8) is 0 Å². The Labute approximate surface area is 187 Å². The average molecular weight is 455 g/mol. The van der Waals surface area contributed by atoms with Gasteiger partial charge < -0.3 is 9.88 Å². The van der Waals surface area contributed by atoms with Crippen molar-refractivity contribution >= 4 is 55.8 Å². The van der Waals surface area contributed by atoms with Crippen LogP contribution in [-0.4, -0.2) is 38.7 Å². The van der Waals surface area contributed by atoms with E-state index in [1.54, 1.807) is 0 Å². The fourth-order valence-electron chi connectivity index (χ4n) is 4.72. The fraction of sp³-hybridized carbons (Fsp3) is 0.304. The second kappa shape index (κ2) is 7.72. The van der Waals surface area contributed by atoms with Gasteiger partial charge in [-0.3, -0.25) is 28.3 Å². The van der Waals surface area contributed by atoms with Crippen LogP contribution in [0, 0.1) is 0 Å². The summed E-state index contributed by atoms with van der Waals surface area (Å²) >= 11 is 0. The highest BCUT2D eigenvalue weighted by molar-refractivity contribution is 6.31. The fourth-order valence-corrected chi connectivity index (χ4v) is 4.72. The largest absolute Gasteiger partial charge is 0.354 e. The van der Waals surface area contributed by atoms with Crippen LogP contribution >= 0.6 is 12.4 Å². The third-order valence-corrected chi connectivity index (χ3v) is 6.45. The Morgan fingerprint density at radius 1 is 0.812 bits per heavy atom. The van der Waals surface area contributed by atoms with E-state index in [-0.39, 0.29) is 40.5 Å². The predicted octanol–water partition coefficient (Wildman–Crippen LogP) is 1.85. The maximum atomic E-state index is 13.5. The zero-order chi connectivity index (χ0) is 22.0. The number of hydrogen-bond acceptors (Lipinski definition) is 5. The molecule has 0 fully saturated rings. The monoisotopic (exact) mass is 454 g/mol. The molecule has 5 aromatic rings. The lowest BCUT2D eigenvalue weighted by atomic mass is 10.0. The van der Waals surface area contributed by atoms with Gasteiger partial charge in [-0.1, -0.05) is 32.0 Å².